The highest BCUT2D eigenvalue weighted by Crippen LogP contribution is 2.13. The van der Waals surface area contributed by atoms with Gasteiger partial charge < -0.3 is 14.2 Å². The van der Waals surface area contributed by atoms with Crippen LogP contribution in [-0.4, -0.2) is 37.2 Å². The van der Waals surface area contributed by atoms with E-state index in [1.807, 2.05) is 12.2 Å². The van der Waals surface area contributed by atoms with Gasteiger partial charge >= 0.3 is 17.9 Å². The van der Waals surface area contributed by atoms with Crippen LogP contribution in [0.25, 0.3) is 0 Å². The molecule has 0 fully saturated rings. The summed E-state index contributed by atoms with van der Waals surface area (Å²) in [4.78, 5) is 38.2. The number of carbonyl (C=O) groups is 3. The number of unbranched alkanes of at least 4 members (excludes halogenated alkanes) is 13. The first-order valence-electron chi connectivity index (χ1n) is 29.0. The molecule has 0 saturated heterocycles. The number of carbonyl (C=O) groups excluding carboxylic acids is 3. The summed E-state index contributed by atoms with van der Waals surface area (Å²) < 4.78 is 16.7. The fourth-order valence-electron chi connectivity index (χ4n) is 7.24. The average Bonchev–Trinajstić information content (AvgIpc) is 3.39. The number of hydrogen-bond donors (Lipinski definition) is 0. The molecule has 0 aliphatic rings. The van der Waals surface area contributed by atoms with Crippen molar-refractivity contribution in [1.29, 1.82) is 0 Å². The summed E-state index contributed by atoms with van der Waals surface area (Å²) in [5.41, 5.74) is 0. The van der Waals surface area contributed by atoms with Gasteiger partial charge in [-0.25, -0.2) is 0 Å². The summed E-state index contributed by atoms with van der Waals surface area (Å²) in [5, 5.41) is 0. The van der Waals surface area contributed by atoms with Crippen LogP contribution in [0.3, 0.4) is 0 Å². The van der Waals surface area contributed by atoms with Crippen molar-refractivity contribution >= 4 is 17.9 Å². The van der Waals surface area contributed by atoms with E-state index in [0.717, 1.165) is 109 Å². The van der Waals surface area contributed by atoms with E-state index in [4.69, 9.17) is 14.2 Å². The highest BCUT2D eigenvalue weighted by atomic mass is 16.6. The Morgan fingerprint density at radius 2 is 0.575 bits per heavy atom. The van der Waals surface area contributed by atoms with Crippen LogP contribution in [0.5, 0.6) is 0 Å². The van der Waals surface area contributed by atoms with Crippen molar-refractivity contribution in [2.45, 2.75) is 232 Å². The Morgan fingerprint density at radius 3 is 0.959 bits per heavy atom. The smallest absolute Gasteiger partial charge is 0.306 e. The monoisotopic (exact) mass is 1000 g/mol. The molecule has 0 aromatic heterocycles. The molecule has 0 radical (unpaired) electrons. The molecule has 0 amide bonds. The minimum absolute atomic E-state index is 0.139. The SMILES string of the molecule is CC/C=C\C/C=C\C/C=C\C/C=C\C/C=C\C/C=C\CCC(=O)OCC(COC(=O)CCC/C=C\C/C=C\C/C=C\C/C=C\CCCCC)OC(=O)CCCCCCCCCCC/C=C\C/C=C\C/C=C\CC. The standard InChI is InChI=1S/C67H104O6/c1-4-7-10-13-16-19-22-25-28-31-33-36-39-42-45-48-51-54-57-60-66(69)72-63-64(62-71-65(68)59-56-53-50-47-44-41-38-35-30-27-24-21-18-15-12-9-6-3)73-67(70)61-58-55-52-49-46-43-40-37-34-32-29-26-23-20-17-14-11-8-5-2/h7-8,10-11,16-21,25-30,33,36,38,41-42,45,47,50-51,54,64H,4-6,9,12-15,22-24,31-32,34-35,37,39-40,43-44,46,48-49,52-53,55-63H2,1-3H3/b10-7-,11-8-,19-16-,20-17-,21-18-,28-25-,29-26-,30-27-,36-33-,41-38-,45-42-,50-47-,54-51-. The van der Waals surface area contributed by atoms with Crippen molar-refractivity contribution < 1.29 is 28.6 Å². The van der Waals surface area contributed by atoms with E-state index in [0.29, 0.717) is 12.8 Å². The Labute approximate surface area is 448 Å². The van der Waals surface area contributed by atoms with Gasteiger partial charge in [0.15, 0.2) is 6.10 Å². The first kappa shape index (κ1) is 68.0. The summed E-state index contributed by atoms with van der Waals surface area (Å²) in [5.74, 6) is -1.09. The maximum Gasteiger partial charge on any atom is 0.306 e. The second kappa shape index (κ2) is 59.6. The van der Waals surface area contributed by atoms with Crippen LogP contribution in [0.4, 0.5) is 0 Å². The first-order chi connectivity index (χ1) is 36.0. The van der Waals surface area contributed by atoms with Gasteiger partial charge in [0.05, 0.1) is 0 Å². The third-order valence-electron chi connectivity index (χ3n) is 11.5. The van der Waals surface area contributed by atoms with Crippen LogP contribution in [-0.2, 0) is 28.6 Å². The molecule has 73 heavy (non-hydrogen) atoms. The molecule has 0 saturated carbocycles. The van der Waals surface area contributed by atoms with Gasteiger partial charge in [-0.3, -0.25) is 14.4 Å². The molecule has 0 aliphatic carbocycles. The van der Waals surface area contributed by atoms with Gasteiger partial charge in [0.25, 0.3) is 0 Å². The van der Waals surface area contributed by atoms with E-state index in [9.17, 15) is 14.4 Å². The largest absolute Gasteiger partial charge is 0.462 e. The Morgan fingerprint density at radius 1 is 0.288 bits per heavy atom. The predicted octanol–water partition coefficient (Wildman–Crippen LogP) is 19.8. The fraction of sp³-hybridized carbons (Fsp3) is 0.567. The predicted molar refractivity (Wildman–Crippen MR) is 315 cm³/mol. The van der Waals surface area contributed by atoms with Crippen molar-refractivity contribution in [2.24, 2.45) is 0 Å². The molecule has 1 unspecified atom stereocenters. The summed E-state index contributed by atoms with van der Waals surface area (Å²) >= 11 is 0. The highest BCUT2D eigenvalue weighted by molar-refractivity contribution is 5.71. The topological polar surface area (TPSA) is 78.9 Å². The van der Waals surface area contributed by atoms with E-state index >= 15 is 0 Å². The van der Waals surface area contributed by atoms with Crippen molar-refractivity contribution in [1.82, 2.24) is 0 Å². The van der Waals surface area contributed by atoms with Gasteiger partial charge in [-0.15, -0.1) is 0 Å². The summed E-state index contributed by atoms with van der Waals surface area (Å²) in [6.07, 6.45) is 86.8. The third-order valence-corrected chi connectivity index (χ3v) is 11.5. The van der Waals surface area contributed by atoms with Crippen LogP contribution < -0.4 is 0 Å². The van der Waals surface area contributed by atoms with Crippen LogP contribution in [0.15, 0.2) is 158 Å². The molecule has 1 atom stereocenters. The molecule has 0 spiro atoms. The second-order valence-corrected chi connectivity index (χ2v) is 18.4. The number of ether oxygens (including phenoxy) is 3. The van der Waals surface area contributed by atoms with Crippen LogP contribution in [0.2, 0.25) is 0 Å². The molecule has 0 heterocycles. The van der Waals surface area contributed by atoms with Crippen molar-refractivity contribution in [3.8, 4) is 0 Å². The minimum atomic E-state index is -0.842. The van der Waals surface area contributed by atoms with Gasteiger partial charge in [0, 0.05) is 19.3 Å². The number of allylic oxidation sites excluding steroid dienone is 26. The molecular formula is C67H104O6. The van der Waals surface area contributed by atoms with Gasteiger partial charge in [0.2, 0.25) is 0 Å². The number of rotatable bonds is 50. The maximum atomic E-state index is 12.9. The fourth-order valence-corrected chi connectivity index (χ4v) is 7.24. The van der Waals surface area contributed by atoms with Gasteiger partial charge in [-0.05, 0) is 128 Å². The van der Waals surface area contributed by atoms with Crippen LogP contribution in [0.1, 0.15) is 226 Å². The zero-order chi connectivity index (χ0) is 52.9. The summed E-state index contributed by atoms with van der Waals surface area (Å²) in [6, 6.07) is 0. The molecule has 6 nitrogen and oxygen atoms in total. The van der Waals surface area contributed by atoms with Crippen LogP contribution >= 0.6 is 0 Å². The molecule has 6 heteroatoms. The minimum Gasteiger partial charge on any atom is -0.462 e. The Bertz CT molecular complexity index is 1670. The molecule has 408 valence electrons. The lowest BCUT2D eigenvalue weighted by molar-refractivity contribution is -0.166. The van der Waals surface area contributed by atoms with Crippen molar-refractivity contribution in [3.05, 3.63) is 158 Å². The van der Waals surface area contributed by atoms with Crippen LogP contribution in [0, 0.1) is 0 Å². The van der Waals surface area contributed by atoms with Gasteiger partial charge in [0.1, 0.15) is 13.2 Å². The van der Waals surface area contributed by atoms with Crippen molar-refractivity contribution in [2.75, 3.05) is 13.2 Å². The normalized spacial score (nSPS) is 13.3. The van der Waals surface area contributed by atoms with E-state index in [1.54, 1.807) is 0 Å². The zero-order valence-electron chi connectivity index (χ0n) is 46.6. The van der Waals surface area contributed by atoms with E-state index in [2.05, 4.69) is 167 Å². The van der Waals surface area contributed by atoms with E-state index in [1.165, 1.54) is 64.2 Å². The molecule has 0 rings (SSSR count). The van der Waals surface area contributed by atoms with E-state index in [-0.39, 0.29) is 50.4 Å². The second-order valence-electron chi connectivity index (χ2n) is 18.4. The first-order valence-corrected chi connectivity index (χ1v) is 29.0. The zero-order valence-corrected chi connectivity index (χ0v) is 46.6. The highest BCUT2D eigenvalue weighted by Gasteiger charge is 2.19. The third kappa shape index (κ3) is 57.8. The van der Waals surface area contributed by atoms with Crippen molar-refractivity contribution in [3.63, 3.8) is 0 Å². The molecule has 0 aromatic rings. The molecular weight excluding hydrogens is 901 g/mol. The summed E-state index contributed by atoms with van der Waals surface area (Å²) in [6.45, 7) is 6.26. The quantitative estimate of drug-likeness (QED) is 0.0261. The lowest BCUT2D eigenvalue weighted by Gasteiger charge is -2.18. The number of hydrogen-bond acceptors (Lipinski definition) is 6. The average molecular weight is 1010 g/mol. The Balaban J connectivity index is 4.61. The molecule has 0 N–H and O–H groups in total. The molecule has 0 aliphatic heterocycles. The molecule has 0 bridgehead atoms. The lowest BCUT2D eigenvalue weighted by atomic mass is 10.1. The summed E-state index contributed by atoms with van der Waals surface area (Å²) in [7, 11) is 0. The van der Waals surface area contributed by atoms with Gasteiger partial charge in [-0.1, -0.05) is 237 Å². The van der Waals surface area contributed by atoms with E-state index < -0.39 is 6.10 Å². The van der Waals surface area contributed by atoms with Gasteiger partial charge in [-0.2, -0.15) is 0 Å². The Kier molecular flexibility index (Phi) is 55.5. The number of esters is 3. The Hall–Kier alpha value is -4.97. The lowest BCUT2D eigenvalue weighted by Crippen LogP contribution is -2.30. The molecule has 0 aromatic carbocycles. The maximum absolute atomic E-state index is 12.9.